The summed E-state index contributed by atoms with van der Waals surface area (Å²) in [6, 6.07) is 20.7. The Morgan fingerprint density at radius 1 is 0.939 bits per heavy atom. The first kappa shape index (κ1) is 21.5. The van der Waals surface area contributed by atoms with Crippen LogP contribution >= 0.6 is 22.6 Å². The highest BCUT2D eigenvalue weighted by Crippen LogP contribution is 2.36. The molecule has 7 heteroatoms. The average Bonchev–Trinajstić information content (AvgIpc) is 2.79. The Kier molecular flexibility index (Phi) is 4.97. The second kappa shape index (κ2) is 7.62. The van der Waals surface area contributed by atoms with E-state index in [2.05, 4.69) is 72.6 Å². The molecule has 0 aliphatic carbocycles. The summed E-state index contributed by atoms with van der Waals surface area (Å²) < 4.78 is 2.97. The lowest BCUT2D eigenvalue weighted by Gasteiger charge is -2.21. The van der Waals surface area contributed by atoms with Crippen molar-refractivity contribution in [3.8, 4) is 11.3 Å². The molecular weight excluding hydrogens is 529 g/mol. The van der Waals surface area contributed by atoms with Crippen LogP contribution in [0.2, 0.25) is 0 Å². The lowest BCUT2D eigenvalue weighted by atomic mass is 9.86. The number of halogens is 1. The number of non-ortho nitro benzene ring substituents is 1. The molecule has 2 aromatic heterocycles. The van der Waals surface area contributed by atoms with Gasteiger partial charge in [0.25, 0.3) is 11.2 Å². The molecule has 0 saturated carbocycles. The van der Waals surface area contributed by atoms with Crippen LogP contribution in [0, 0.1) is 13.7 Å². The molecule has 0 unspecified atom stereocenters. The third-order valence-electron chi connectivity index (χ3n) is 5.94. The SMILES string of the molecule is CC(C)(C)c1ccc(-c2c(I)c3ccccc3c3nc(=O)c4cc([N+](=O)[O-])ccc4n23)cc1. The van der Waals surface area contributed by atoms with E-state index in [1.165, 1.54) is 17.7 Å². The maximum atomic E-state index is 13.0. The van der Waals surface area contributed by atoms with Crippen LogP contribution in [-0.4, -0.2) is 14.3 Å². The van der Waals surface area contributed by atoms with Crippen LogP contribution in [-0.2, 0) is 5.41 Å². The summed E-state index contributed by atoms with van der Waals surface area (Å²) in [7, 11) is 0. The van der Waals surface area contributed by atoms with E-state index in [0.717, 1.165) is 25.6 Å². The van der Waals surface area contributed by atoms with Gasteiger partial charge in [-0.15, -0.1) is 0 Å². The first-order valence-corrected chi connectivity index (χ1v) is 11.6. The topological polar surface area (TPSA) is 77.5 Å². The molecule has 0 bridgehead atoms. The van der Waals surface area contributed by atoms with Gasteiger partial charge in [0.05, 0.1) is 21.5 Å². The first-order valence-electron chi connectivity index (χ1n) is 10.5. The van der Waals surface area contributed by atoms with E-state index in [9.17, 15) is 14.9 Å². The van der Waals surface area contributed by atoms with Crippen LogP contribution in [0.15, 0.2) is 71.5 Å². The smallest absolute Gasteiger partial charge is 0.281 e. The molecule has 0 spiro atoms. The average molecular weight is 549 g/mol. The molecule has 164 valence electrons. The number of rotatable bonds is 2. The van der Waals surface area contributed by atoms with Gasteiger partial charge >= 0.3 is 0 Å². The van der Waals surface area contributed by atoms with E-state index in [0.29, 0.717) is 11.2 Å². The van der Waals surface area contributed by atoms with Gasteiger partial charge in [-0.05, 0) is 45.2 Å². The molecule has 0 radical (unpaired) electrons. The minimum Gasteiger partial charge on any atom is -0.292 e. The molecule has 0 aliphatic heterocycles. The molecular formula is C26H20IN3O3. The summed E-state index contributed by atoms with van der Waals surface area (Å²) in [5.74, 6) is 0. The van der Waals surface area contributed by atoms with Gasteiger partial charge in [0.15, 0.2) is 0 Å². The Morgan fingerprint density at radius 3 is 2.24 bits per heavy atom. The molecule has 0 saturated heterocycles. The standard InChI is InChI=1S/C26H20IN3O3/c1-26(2,3)16-10-8-15(9-11-16)23-22(27)18-6-4-5-7-19(18)24-28-25(31)20-14-17(30(32)33)12-13-21(20)29(23)24/h4-14H,1-3H3. The number of pyridine rings is 1. The molecule has 5 rings (SSSR count). The lowest BCUT2D eigenvalue weighted by molar-refractivity contribution is -0.384. The highest BCUT2D eigenvalue weighted by atomic mass is 127. The normalized spacial score (nSPS) is 12.0. The number of fused-ring (bicyclic) bond motifs is 5. The van der Waals surface area contributed by atoms with Gasteiger partial charge in [0.2, 0.25) is 0 Å². The van der Waals surface area contributed by atoms with Gasteiger partial charge in [-0.1, -0.05) is 69.3 Å². The number of benzene rings is 3. The van der Waals surface area contributed by atoms with Gasteiger partial charge in [-0.3, -0.25) is 19.3 Å². The Bertz CT molecular complexity index is 1650. The Hall–Kier alpha value is -3.33. The van der Waals surface area contributed by atoms with Crippen LogP contribution in [0.1, 0.15) is 26.3 Å². The minimum absolute atomic E-state index is 0.0227. The molecule has 0 amide bonds. The second-order valence-corrected chi connectivity index (χ2v) is 10.1. The van der Waals surface area contributed by atoms with Gasteiger partial charge in [-0.25, -0.2) is 0 Å². The zero-order valence-electron chi connectivity index (χ0n) is 18.3. The summed E-state index contributed by atoms with van der Waals surface area (Å²) in [4.78, 5) is 28.2. The quantitative estimate of drug-likeness (QED) is 0.109. The van der Waals surface area contributed by atoms with Crippen molar-refractivity contribution in [3.63, 3.8) is 0 Å². The maximum absolute atomic E-state index is 13.0. The van der Waals surface area contributed by atoms with Crippen molar-refractivity contribution < 1.29 is 4.92 Å². The molecule has 0 fully saturated rings. The number of hydrogen-bond donors (Lipinski definition) is 0. The third-order valence-corrected chi connectivity index (χ3v) is 7.03. The van der Waals surface area contributed by atoms with Crippen molar-refractivity contribution in [2.45, 2.75) is 26.2 Å². The van der Waals surface area contributed by atoms with Crippen LogP contribution in [0.25, 0.3) is 38.6 Å². The molecule has 2 heterocycles. The second-order valence-electron chi connectivity index (χ2n) is 9.07. The zero-order valence-corrected chi connectivity index (χ0v) is 20.5. The largest absolute Gasteiger partial charge is 0.292 e. The van der Waals surface area contributed by atoms with Crippen LogP contribution in [0.5, 0.6) is 0 Å². The molecule has 33 heavy (non-hydrogen) atoms. The predicted octanol–water partition coefficient (Wildman–Crippen LogP) is 6.48. The monoisotopic (exact) mass is 549 g/mol. The fourth-order valence-electron chi connectivity index (χ4n) is 4.21. The summed E-state index contributed by atoms with van der Waals surface area (Å²) in [5, 5.41) is 13.4. The minimum atomic E-state index is -0.496. The Labute approximate surface area is 203 Å². The van der Waals surface area contributed by atoms with E-state index in [1.54, 1.807) is 6.07 Å². The van der Waals surface area contributed by atoms with Crippen molar-refractivity contribution in [1.29, 1.82) is 0 Å². The maximum Gasteiger partial charge on any atom is 0.281 e. The fraction of sp³-hybridized carbons (Fsp3) is 0.154. The van der Waals surface area contributed by atoms with E-state index in [-0.39, 0.29) is 16.5 Å². The van der Waals surface area contributed by atoms with Crippen molar-refractivity contribution in [2.24, 2.45) is 0 Å². The summed E-state index contributed by atoms with van der Waals surface area (Å²) in [6.45, 7) is 6.52. The van der Waals surface area contributed by atoms with E-state index >= 15 is 0 Å². The molecule has 0 N–H and O–H groups in total. The summed E-state index contributed by atoms with van der Waals surface area (Å²) >= 11 is 2.34. The first-order chi connectivity index (χ1) is 15.7. The third kappa shape index (κ3) is 3.47. The van der Waals surface area contributed by atoms with Crippen LogP contribution < -0.4 is 5.56 Å². The van der Waals surface area contributed by atoms with Crippen molar-refractivity contribution in [2.75, 3.05) is 0 Å². The van der Waals surface area contributed by atoms with Crippen molar-refractivity contribution in [3.05, 3.63) is 96.3 Å². The van der Waals surface area contributed by atoms with Gasteiger partial charge in [0.1, 0.15) is 5.65 Å². The lowest BCUT2D eigenvalue weighted by Crippen LogP contribution is -2.14. The zero-order chi connectivity index (χ0) is 23.5. The number of aromatic nitrogens is 2. The van der Waals surface area contributed by atoms with Crippen molar-refractivity contribution in [1.82, 2.24) is 9.38 Å². The molecule has 0 atom stereocenters. The molecule has 6 nitrogen and oxygen atoms in total. The van der Waals surface area contributed by atoms with E-state index < -0.39 is 10.5 Å². The van der Waals surface area contributed by atoms with E-state index in [1.807, 2.05) is 28.7 Å². The van der Waals surface area contributed by atoms with Crippen LogP contribution in [0.4, 0.5) is 5.69 Å². The number of nitrogens with zero attached hydrogens (tertiary/aromatic N) is 3. The fourth-order valence-corrected chi connectivity index (χ4v) is 5.23. The van der Waals surface area contributed by atoms with Crippen molar-refractivity contribution >= 4 is 55.6 Å². The Balaban J connectivity index is 1.97. The molecule has 0 aliphatic rings. The van der Waals surface area contributed by atoms with Gasteiger partial charge in [0, 0.05) is 26.5 Å². The summed E-state index contributed by atoms with van der Waals surface area (Å²) in [6.07, 6.45) is 0. The number of nitro benzene ring substituents is 1. The number of nitro groups is 1. The predicted molar refractivity (Wildman–Crippen MR) is 140 cm³/mol. The Morgan fingerprint density at radius 2 is 1.61 bits per heavy atom. The molecule has 5 aromatic rings. The highest BCUT2D eigenvalue weighted by molar-refractivity contribution is 14.1. The number of hydrogen-bond acceptors (Lipinski definition) is 4. The van der Waals surface area contributed by atoms with Crippen LogP contribution in [0.3, 0.4) is 0 Å². The molecule has 3 aromatic carbocycles. The van der Waals surface area contributed by atoms with Gasteiger partial charge < -0.3 is 0 Å². The highest BCUT2D eigenvalue weighted by Gasteiger charge is 2.20. The van der Waals surface area contributed by atoms with E-state index in [4.69, 9.17) is 0 Å². The summed E-state index contributed by atoms with van der Waals surface area (Å²) in [5.41, 5.74) is 3.64. The van der Waals surface area contributed by atoms with Gasteiger partial charge in [-0.2, -0.15) is 4.98 Å².